The molecule has 0 atom stereocenters. The summed E-state index contributed by atoms with van der Waals surface area (Å²) in [7, 11) is 0. The average Bonchev–Trinajstić information content (AvgIpc) is 2.88. The van der Waals surface area contributed by atoms with Crippen LogP contribution >= 0.6 is 0 Å². The van der Waals surface area contributed by atoms with E-state index in [1.165, 1.54) is 5.56 Å². The predicted molar refractivity (Wildman–Crippen MR) is 72.5 cm³/mol. The highest BCUT2D eigenvalue weighted by molar-refractivity contribution is 5.78. The third kappa shape index (κ3) is 2.52. The van der Waals surface area contributed by atoms with Crippen LogP contribution in [0.15, 0.2) is 36.7 Å². The average molecular weight is 255 g/mol. The van der Waals surface area contributed by atoms with Crippen molar-refractivity contribution >= 4 is 5.91 Å². The van der Waals surface area contributed by atoms with Crippen LogP contribution in [0.2, 0.25) is 0 Å². The minimum atomic E-state index is 0.179. The van der Waals surface area contributed by atoms with Crippen LogP contribution in [-0.4, -0.2) is 26.9 Å². The van der Waals surface area contributed by atoms with Gasteiger partial charge in [0, 0.05) is 25.5 Å². The Labute approximate surface area is 112 Å². The van der Waals surface area contributed by atoms with E-state index >= 15 is 0 Å². The Morgan fingerprint density at radius 1 is 1.26 bits per heavy atom. The molecule has 1 aromatic heterocycles. The minimum absolute atomic E-state index is 0.179. The zero-order valence-electron chi connectivity index (χ0n) is 11.0. The summed E-state index contributed by atoms with van der Waals surface area (Å²) in [6, 6.07) is 8.15. The van der Waals surface area contributed by atoms with Gasteiger partial charge in [0.05, 0.1) is 13.0 Å². The number of amides is 1. The summed E-state index contributed by atoms with van der Waals surface area (Å²) in [5.41, 5.74) is 2.29. The van der Waals surface area contributed by atoms with Crippen molar-refractivity contribution in [2.75, 3.05) is 6.54 Å². The summed E-state index contributed by atoms with van der Waals surface area (Å²) in [6.45, 7) is 4.29. The molecule has 0 N–H and O–H groups in total. The van der Waals surface area contributed by atoms with Gasteiger partial charge in [-0.05, 0) is 12.5 Å². The van der Waals surface area contributed by atoms with Gasteiger partial charge in [0.1, 0.15) is 5.82 Å². The fourth-order valence-corrected chi connectivity index (χ4v) is 2.38. The quantitative estimate of drug-likeness (QED) is 0.820. The number of benzene rings is 1. The van der Waals surface area contributed by atoms with Gasteiger partial charge in [0.15, 0.2) is 0 Å². The Morgan fingerprint density at radius 3 is 2.84 bits per heavy atom. The number of aryl methyl sites for hydroxylation is 1. The Bertz CT molecular complexity index is 586. The first-order valence-corrected chi connectivity index (χ1v) is 6.56. The van der Waals surface area contributed by atoms with Crippen LogP contribution in [0.25, 0.3) is 0 Å². The normalized spacial score (nSPS) is 14.3. The van der Waals surface area contributed by atoms with Crippen molar-refractivity contribution in [1.29, 1.82) is 0 Å². The maximum absolute atomic E-state index is 12.3. The largest absolute Gasteiger partial charge is 0.333 e. The lowest BCUT2D eigenvalue weighted by molar-refractivity contribution is -0.132. The summed E-state index contributed by atoms with van der Waals surface area (Å²) in [5, 5.41) is 0. The molecular weight excluding hydrogens is 238 g/mol. The van der Waals surface area contributed by atoms with E-state index in [0.29, 0.717) is 13.0 Å². The van der Waals surface area contributed by atoms with Gasteiger partial charge >= 0.3 is 0 Å². The van der Waals surface area contributed by atoms with E-state index in [1.54, 1.807) is 6.20 Å². The van der Waals surface area contributed by atoms with E-state index in [-0.39, 0.29) is 5.91 Å². The Morgan fingerprint density at radius 2 is 2.05 bits per heavy atom. The van der Waals surface area contributed by atoms with Crippen LogP contribution in [0.5, 0.6) is 0 Å². The molecule has 0 bridgehead atoms. The number of hydrogen-bond donors (Lipinski definition) is 0. The highest BCUT2D eigenvalue weighted by atomic mass is 16.2. The third-order valence-corrected chi connectivity index (χ3v) is 3.57. The van der Waals surface area contributed by atoms with E-state index in [2.05, 4.69) is 16.5 Å². The summed E-state index contributed by atoms with van der Waals surface area (Å²) in [4.78, 5) is 18.4. The fourth-order valence-electron chi connectivity index (χ4n) is 2.38. The van der Waals surface area contributed by atoms with Gasteiger partial charge in [-0.15, -0.1) is 0 Å². The van der Waals surface area contributed by atoms with Gasteiger partial charge in [-0.1, -0.05) is 29.8 Å². The Balaban J connectivity index is 1.67. The first kappa shape index (κ1) is 12.0. The molecule has 1 amide bonds. The molecule has 4 heteroatoms. The number of rotatable bonds is 2. The molecule has 3 rings (SSSR count). The number of hydrogen-bond acceptors (Lipinski definition) is 2. The van der Waals surface area contributed by atoms with Crippen LogP contribution in [0.3, 0.4) is 0 Å². The monoisotopic (exact) mass is 255 g/mol. The maximum atomic E-state index is 12.3. The molecule has 0 aliphatic carbocycles. The van der Waals surface area contributed by atoms with Crippen molar-refractivity contribution < 1.29 is 4.79 Å². The molecule has 1 aliphatic heterocycles. The molecule has 0 saturated carbocycles. The van der Waals surface area contributed by atoms with Crippen LogP contribution in [0, 0.1) is 6.92 Å². The molecule has 0 radical (unpaired) electrons. The minimum Gasteiger partial charge on any atom is -0.333 e. The number of aromatic nitrogens is 2. The number of carbonyl (C=O) groups excluding carboxylic acids is 1. The van der Waals surface area contributed by atoms with Gasteiger partial charge in [-0.3, -0.25) is 4.79 Å². The van der Waals surface area contributed by atoms with E-state index in [1.807, 2.05) is 35.4 Å². The molecule has 0 saturated heterocycles. The number of imidazole rings is 1. The Kier molecular flexibility index (Phi) is 3.07. The zero-order chi connectivity index (χ0) is 13.2. The summed E-state index contributed by atoms with van der Waals surface area (Å²) >= 11 is 0. The third-order valence-electron chi connectivity index (χ3n) is 3.57. The van der Waals surface area contributed by atoms with Crippen LogP contribution in [0.1, 0.15) is 17.0 Å². The summed E-state index contributed by atoms with van der Waals surface area (Å²) in [6.07, 6.45) is 4.24. The zero-order valence-corrected chi connectivity index (χ0v) is 11.0. The van der Waals surface area contributed by atoms with Crippen molar-refractivity contribution in [1.82, 2.24) is 14.5 Å². The molecule has 1 aliphatic rings. The first-order chi connectivity index (χ1) is 9.22. The first-order valence-electron chi connectivity index (χ1n) is 6.56. The van der Waals surface area contributed by atoms with E-state index in [0.717, 1.165) is 24.5 Å². The van der Waals surface area contributed by atoms with Crippen molar-refractivity contribution in [3.05, 3.63) is 53.6 Å². The van der Waals surface area contributed by atoms with Crippen molar-refractivity contribution in [3.63, 3.8) is 0 Å². The number of carbonyl (C=O) groups is 1. The van der Waals surface area contributed by atoms with Crippen LogP contribution in [-0.2, 0) is 24.3 Å². The standard InChI is InChI=1S/C15H17N3O/c1-12-2-4-13(5-3-12)10-15(19)18-9-8-17-7-6-16-14(17)11-18/h2-7H,8-11H2,1H3. The smallest absolute Gasteiger partial charge is 0.227 e. The van der Waals surface area contributed by atoms with E-state index < -0.39 is 0 Å². The fraction of sp³-hybridized carbons (Fsp3) is 0.333. The van der Waals surface area contributed by atoms with E-state index in [4.69, 9.17) is 0 Å². The van der Waals surface area contributed by atoms with Gasteiger partial charge in [-0.2, -0.15) is 0 Å². The summed E-state index contributed by atoms with van der Waals surface area (Å²) in [5.74, 6) is 1.15. The molecule has 19 heavy (non-hydrogen) atoms. The lowest BCUT2D eigenvalue weighted by Gasteiger charge is -2.27. The van der Waals surface area contributed by atoms with Crippen molar-refractivity contribution in [2.24, 2.45) is 0 Å². The molecule has 0 fully saturated rings. The molecule has 1 aromatic carbocycles. The second kappa shape index (κ2) is 4.88. The number of nitrogens with zero attached hydrogens (tertiary/aromatic N) is 3. The molecule has 0 unspecified atom stereocenters. The SMILES string of the molecule is Cc1ccc(CC(=O)N2CCn3ccnc3C2)cc1. The van der Waals surface area contributed by atoms with Gasteiger partial charge in [0.2, 0.25) is 5.91 Å². The second-order valence-electron chi connectivity index (χ2n) is 5.01. The summed E-state index contributed by atoms with van der Waals surface area (Å²) < 4.78 is 2.11. The topological polar surface area (TPSA) is 38.1 Å². The molecule has 2 heterocycles. The van der Waals surface area contributed by atoms with E-state index in [9.17, 15) is 4.79 Å². The molecule has 4 nitrogen and oxygen atoms in total. The molecule has 2 aromatic rings. The van der Waals surface area contributed by atoms with Crippen LogP contribution < -0.4 is 0 Å². The second-order valence-corrected chi connectivity index (χ2v) is 5.01. The van der Waals surface area contributed by atoms with Crippen molar-refractivity contribution in [3.8, 4) is 0 Å². The molecule has 98 valence electrons. The molecular formula is C15H17N3O. The lowest BCUT2D eigenvalue weighted by atomic mass is 10.1. The van der Waals surface area contributed by atoms with Gasteiger partial charge < -0.3 is 9.47 Å². The predicted octanol–water partition coefficient (Wildman–Crippen LogP) is 1.78. The van der Waals surface area contributed by atoms with Gasteiger partial charge in [0.25, 0.3) is 0 Å². The molecule has 0 spiro atoms. The lowest BCUT2D eigenvalue weighted by Crippen LogP contribution is -2.39. The Hall–Kier alpha value is -2.10. The van der Waals surface area contributed by atoms with Crippen LogP contribution in [0.4, 0.5) is 0 Å². The number of fused-ring (bicyclic) bond motifs is 1. The maximum Gasteiger partial charge on any atom is 0.227 e. The van der Waals surface area contributed by atoms with Crippen molar-refractivity contribution in [2.45, 2.75) is 26.4 Å². The van der Waals surface area contributed by atoms with Gasteiger partial charge in [-0.25, -0.2) is 4.98 Å². The highest BCUT2D eigenvalue weighted by Gasteiger charge is 2.20. The highest BCUT2D eigenvalue weighted by Crippen LogP contribution is 2.12.